The quantitative estimate of drug-likeness (QED) is 0.759. The summed E-state index contributed by atoms with van der Waals surface area (Å²) < 4.78 is 13.4. The summed E-state index contributed by atoms with van der Waals surface area (Å²) in [6, 6.07) is 6.02. The van der Waals surface area contributed by atoms with Gasteiger partial charge in [-0.2, -0.15) is 0 Å². The fraction of sp³-hybridized carbons (Fsp3) is 0.500. The van der Waals surface area contributed by atoms with Crippen molar-refractivity contribution >= 4 is 17.5 Å². The molecule has 2 amide bonds. The van der Waals surface area contributed by atoms with Crippen LogP contribution in [-0.2, 0) is 9.59 Å². The van der Waals surface area contributed by atoms with Crippen LogP contribution in [0.1, 0.15) is 32.6 Å². The van der Waals surface area contributed by atoms with Gasteiger partial charge in [-0.15, -0.1) is 0 Å². The normalized spacial score (nSPS) is 19.9. The summed E-state index contributed by atoms with van der Waals surface area (Å²) in [5, 5.41) is 5.39. The Bertz CT molecular complexity index is 519. The van der Waals surface area contributed by atoms with E-state index in [0.29, 0.717) is 13.0 Å². The van der Waals surface area contributed by atoms with E-state index >= 15 is 0 Å². The Morgan fingerprint density at radius 3 is 2.62 bits per heavy atom. The van der Waals surface area contributed by atoms with Crippen LogP contribution in [0.15, 0.2) is 24.3 Å². The molecule has 0 bridgehead atoms. The zero-order chi connectivity index (χ0) is 15.2. The Labute approximate surface area is 124 Å². The number of halogens is 1. The number of rotatable bonds is 7. The number of anilines is 1. The first-order chi connectivity index (χ1) is 10.1. The van der Waals surface area contributed by atoms with Crippen molar-refractivity contribution in [3.8, 4) is 0 Å². The second-order valence-electron chi connectivity index (χ2n) is 5.42. The van der Waals surface area contributed by atoms with Crippen molar-refractivity contribution in [2.75, 3.05) is 11.9 Å². The molecule has 114 valence electrons. The summed E-state index contributed by atoms with van der Waals surface area (Å²) in [5.41, 5.74) is 0.163. The molecule has 1 aromatic rings. The van der Waals surface area contributed by atoms with Gasteiger partial charge in [0, 0.05) is 6.54 Å². The Morgan fingerprint density at radius 2 is 1.90 bits per heavy atom. The zero-order valence-electron chi connectivity index (χ0n) is 12.2. The van der Waals surface area contributed by atoms with Crippen LogP contribution >= 0.6 is 0 Å². The van der Waals surface area contributed by atoms with Gasteiger partial charge in [-0.25, -0.2) is 4.39 Å². The lowest BCUT2D eigenvalue weighted by molar-refractivity contribution is -0.125. The molecule has 2 N–H and O–H groups in total. The van der Waals surface area contributed by atoms with Crippen molar-refractivity contribution in [2.45, 2.75) is 32.6 Å². The van der Waals surface area contributed by atoms with E-state index in [1.165, 1.54) is 12.1 Å². The van der Waals surface area contributed by atoms with E-state index in [4.69, 9.17) is 0 Å². The maximum Gasteiger partial charge on any atom is 0.228 e. The highest BCUT2D eigenvalue weighted by Crippen LogP contribution is 2.39. The average Bonchev–Trinajstić information content (AvgIpc) is 3.26. The van der Waals surface area contributed by atoms with E-state index in [1.54, 1.807) is 12.1 Å². The average molecular weight is 292 g/mol. The van der Waals surface area contributed by atoms with Crippen molar-refractivity contribution in [3.63, 3.8) is 0 Å². The first-order valence-electron chi connectivity index (χ1n) is 7.46. The maximum atomic E-state index is 13.4. The van der Waals surface area contributed by atoms with Gasteiger partial charge >= 0.3 is 0 Å². The second-order valence-corrected chi connectivity index (χ2v) is 5.42. The van der Waals surface area contributed by atoms with Gasteiger partial charge in [-0.1, -0.05) is 31.9 Å². The summed E-state index contributed by atoms with van der Waals surface area (Å²) in [7, 11) is 0. The molecule has 1 saturated carbocycles. The lowest BCUT2D eigenvalue weighted by Crippen LogP contribution is -2.28. The number of hydrogen-bond donors (Lipinski definition) is 2. The van der Waals surface area contributed by atoms with Crippen molar-refractivity contribution < 1.29 is 14.0 Å². The molecule has 1 aromatic carbocycles. The van der Waals surface area contributed by atoms with Crippen LogP contribution in [0.3, 0.4) is 0 Å². The van der Waals surface area contributed by atoms with Crippen LogP contribution in [-0.4, -0.2) is 18.4 Å². The number of carbonyl (C=O) groups is 2. The third-order valence-electron chi connectivity index (χ3n) is 3.68. The number of carbonyl (C=O) groups excluding carboxylic acids is 2. The van der Waals surface area contributed by atoms with Crippen molar-refractivity contribution in [1.82, 2.24) is 5.32 Å². The Kier molecular flexibility index (Phi) is 5.31. The van der Waals surface area contributed by atoms with E-state index in [9.17, 15) is 14.0 Å². The number of hydrogen-bond acceptors (Lipinski definition) is 2. The van der Waals surface area contributed by atoms with E-state index in [2.05, 4.69) is 17.6 Å². The number of benzene rings is 1. The first-order valence-corrected chi connectivity index (χ1v) is 7.46. The summed E-state index contributed by atoms with van der Waals surface area (Å²) >= 11 is 0. The Balaban J connectivity index is 1.76. The van der Waals surface area contributed by atoms with Crippen molar-refractivity contribution in [1.29, 1.82) is 0 Å². The van der Waals surface area contributed by atoms with Crippen LogP contribution in [0.2, 0.25) is 0 Å². The largest absolute Gasteiger partial charge is 0.356 e. The second kappa shape index (κ2) is 7.20. The van der Waals surface area contributed by atoms with Gasteiger partial charge in [0.15, 0.2) is 0 Å². The van der Waals surface area contributed by atoms with Crippen LogP contribution < -0.4 is 10.6 Å². The lowest BCUT2D eigenvalue weighted by Gasteiger charge is -2.06. The van der Waals surface area contributed by atoms with Gasteiger partial charge in [0.2, 0.25) is 11.8 Å². The van der Waals surface area contributed by atoms with Crippen molar-refractivity contribution in [3.05, 3.63) is 30.1 Å². The molecule has 0 radical (unpaired) electrons. The maximum absolute atomic E-state index is 13.4. The molecule has 0 aliphatic heterocycles. The van der Waals surface area contributed by atoms with E-state index in [0.717, 1.165) is 19.3 Å². The molecule has 4 nitrogen and oxygen atoms in total. The third-order valence-corrected chi connectivity index (χ3v) is 3.68. The molecule has 21 heavy (non-hydrogen) atoms. The molecular formula is C16H21FN2O2. The molecule has 5 heteroatoms. The first kappa shape index (κ1) is 15.5. The minimum absolute atomic E-state index is 0.0696. The lowest BCUT2D eigenvalue weighted by atomic mass is 10.2. The predicted octanol–water partition coefficient (Wildman–Crippen LogP) is 2.71. The van der Waals surface area contributed by atoms with E-state index < -0.39 is 5.82 Å². The molecule has 1 aliphatic rings. The highest BCUT2D eigenvalue weighted by atomic mass is 19.1. The molecule has 1 fully saturated rings. The zero-order valence-corrected chi connectivity index (χ0v) is 12.2. The van der Waals surface area contributed by atoms with Gasteiger partial charge in [0.25, 0.3) is 0 Å². The molecule has 0 spiro atoms. The molecule has 1 aliphatic carbocycles. The van der Waals surface area contributed by atoms with Gasteiger partial charge in [-0.3, -0.25) is 9.59 Å². The van der Waals surface area contributed by atoms with E-state index in [1.807, 2.05) is 0 Å². The summed E-state index contributed by atoms with van der Waals surface area (Å²) in [4.78, 5) is 23.8. The molecule has 2 rings (SSSR count). The van der Waals surface area contributed by atoms with Crippen LogP contribution in [0, 0.1) is 17.7 Å². The highest BCUT2D eigenvalue weighted by Gasteiger charge is 2.47. The van der Waals surface area contributed by atoms with Crippen LogP contribution in [0.4, 0.5) is 10.1 Å². The molecule has 0 saturated heterocycles. The fourth-order valence-electron chi connectivity index (χ4n) is 2.28. The Hall–Kier alpha value is -1.91. The topological polar surface area (TPSA) is 58.2 Å². The standard InChI is InChI=1S/C16H21FN2O2/c1-2-3-6-9-18-15(20)11-10-12(11)16(21)19-14-8-5-4-7-13(14)17/h4-5,7-8,11-12H,2-3,6,9-10H2,1H3,(H,18,20)(H,19,21). The number of para-hydroxylation sites is 1. The molecule has 0 heterocycles. The molecule has 0 aromatic heterocycles. The smallest absolute Gasteiger partial charge is 0.228 e. The van der Waals surface area contributed by atoms with Gasteiger partial charge < -0.3 is 10.6 Å². The molecule has 2 atom stereocenters. The minimum atomic E-state index is -0.466. The number of unbranched alkanes of at least 4 members (excludes halogenated alkanes) is 2. The number of amides is 2. The third kappa shape index (κ3) is 4.28. The number of nitrogens with one attached hydrogen (secondary N) is 2. The SMILES string of the molecule is CCCCCNC(=O)C1CC1C(=O)Nc1ccccc1F. The minimum Gasteiger partial charge on any atom is -0.356 e. The fourth-order valence-corrected chi connectivity index (χ4v) is 2.28. The summed E-state index contributed by atoms with van der Waals surface area (Å²) in [6.07, 6.45) is 3.69. The van der Waals surface area contributed by atoms with Crippen molar-refractivity contribution in [2.24, 2.45) is 11.8 Å². The van der Waals surface area contributed by atoms with Crippen LogP contribution in [0.25, 0.3) is 0 Å². The predicted molar refractivity (Wildman–Crippen MR) is 79.2 cm³/mol. The highest BCUT2D eigenvalue weighted by molar-refractivity contribution is 5.99. The van der Waals surface area contributed by atoms with E-state index in [-0.39, 0.29) is 29.3 Å². The summed E-state index contributed by atoms with van der Waals surface area (Å²) in [5.74, 6) is -1.42. The van der Waals surface area contributed by atoms with Gasteiger partial charge in [0.1, 0.15) is 5.82 Å². The molecular weight excluding hydrogens is 271 g/mol. The molecule has 2 unspecified atom stereocenters. The monoisotopic (exact) mass is 292 g/mol. The van der Waals surface area contributed by atoms with Gasteiger partial charge in [0.05, 0.1) is 17.5 Å². The Morgan fingerprint density at radius 1 is 1.19 bits per heavy atom. The van der Waals surface area contributed by atoms with Crippen LogP contribution in [0.5, 0.6) is 0 Å². The van der Waals surface area contributed by atoms with Gasteiger partial charge in [-0.05, 0) is 25.0 Å². The summed E-state index contributed by atoms with van der Waals surface area (Å²) in [6.45, 7) is 2.76.